The van der Waals surface area contributed by atoms with Crippen molar-refractivity contribution >= 4 is 5.69 Å². The lowest BCUT2D eigenvalue weighted by Gasteiger charge is -2.51. The molecule has 35 heavy (non-hydrogen) atoms. The van der Waals surface area contributed by atoms with Gasteiger partial charge in [0.15, 0.2) is 5.82 Å². The first-order valence-electron chi connectivity index (χ1n) is 12.0. The van der Waals surface area contributed by atoms with E-state index in [-0.39, 0.29) is 5.41 Å². The zero-order chi connectivity index (χ0) is 24.7. The molecule has 1 aromatic carbocycles. The van der Waals surface area contributed by atoms with E-state index in [1.54, 1.807) is 0 Å². The van der Waals surface area contributed by atoms with Gasteiger partial charge in [0.1, 0.15) is 17.4 Å². The molecule has 9 heteroatoms. The molecule has 3 aliphatic heterocycles. The molecule has 3 aliphatic rings. The average molecular weight is 473 g/mol. The summed E-state index contributed by atoms with van der Waals surface area (Å²) in [6, 6.07) is 8.54. The summed E-state index contributed by atoms with van der Waals surface area (Å²) < 4.78 is 7.97. The normalized spacial score (nSPS) is 19.1. The number of ether oxygens (including phenoxy) is 1. The van der Waals surface area contributed by atoms with Gasteiger partial charge in [-0.05, 0) is 69.7 Å². The van der Waals surface area contributed by atoms with Crippen molar-refractivity contribution in [1.29, 1.82) is 5.26 Å². The van der Waals surface area contributed by atoms with Gasteiger partial charge in [0, 0.05) is 37.9 Å². The molecule has 0 spiro atoms. The highest BCUT2D eigenvalue weighted by molar-refractivity contribution is 5.67. The maximum absolute atomic E-state index is 9.46. The van der Waals surface area contributed by atoms with Crippen molar-refractivity contribution in [2.24, 2.45) is 12.5 Å². The molecule has 182 valence electrons. The van der Waals surface area contributed by atoms with Gasteiger partial charge < -0.3 is 24.5 Å². The molecule has 0 saturated carbocycles. The fraction of sp³-hybridized carbons (Fsp3) is 0.423. The quantitative estimate of drug-likeness (QED) is 0.682. The smallest absolute Gasteiger partial charge is 0.163 e. The number of fused-ring (bicyclic) bond motifs is 1. The number of hydrogen-bond acceptors (Lipinski definition) is 8. The zero-order valence-corrected chi connectivity index (χ0v) is 21.0. The maximum atomic E-state index is 9.46. The van der Waals surface area contributed by atoms with Crippen molar-refractivity contribution in [3.8, 4) is 23.2 Å². The minimum Gasteiger partial charge on any atom is -0.492 e. The van der Waals surface area contributed by atoms with Crippen molar-refractivity contribution in [3.05, 3.63) is 59.3 Å². The Kier molecular flexibility index (Phi) is 5.77. The van der Waals surface area contributed by atoms with Gasteiger partial charge in [-0.15, -0.1) is 10.2 Å². The summed E-state index contributed by atoms with van der Waals surface area (Å²) in [5, 5.41) is 20.1. The van der Waals surface area contributed by atoms with Crippen LogP contribution in [0.25, 0.3) is 11.4 Å². The summed E-state index contributed by atoms with van der Waals surface area (Å²) in [6.45, 7) is 11.6. The number of nitrogens with one attached hydrogen (secondary N) is 1. The Morgan fingerprint density at radius 1 is 1.20 bits per heavy atom. The molecular formula is C26H32N8O. The molecular weight excluding hydrogens is 440 g/mol. The molecule has 0 amide bonds. The molecule has 2 aromatic rings. The molecule has 0 unspecified atom stereocenters. The highest BCUT2D eigenvalue weighted by atomic mass is 16.5. The molecule has 0 aliphatic carbocycles. The van der Waals surface area contributed by atoms with Crippen LogP contribution in [0.15, 0.2) is 53.5 Å². The van der Waals surface area contributed by atoms with E-state index in [1.807, 2.05) is 50.6 Å². The lowest BCUT2D eigenvalue weighted by atomic mass is 9.83. The number of hydrazine groups is 1. The Labute approximate surface area is 206 Å². The minimum absolute atomic E-state index is 0.275. The van der Waals surface area contributed by atoms with Crippen LogP contribution in [0, 0.1) is 23.7 Å². The molecule has 1 aromatic heterocycles. The first-order valence-corrected chi connectivity index (χ1v) is 12.0. The molecule has 1 fully saturated rings. The Balaban J connectivity index is 1.36. The molecule has 0 bridgehead atoms. The third kappa shape index (κ3) is 4.26. The fourth-order valence-corrected chi connectivity index (χ4v) is 4.75. The predicted octanol–water partition coefficient (Wildman–Crippen LogP) is 3.62. The first-order chi connectivity index (χ1) is 16.8. The molecule has 1 N–H and O–H groups in total. The van der Waals surface area contributed by atoms with E-state index in [2.05, 4.69) is 61.7 Å². The van der Waals surface area contributed by atoms with Gasteiger partial charge in [0.05, 0.1) is 30.4 Å². The number of allylic oxidation sites excluding steroid dienone is 3. The van der Waals surface area contributed by atoms with Crippen molar-refractivity contribution in [2.75, 3.05) is 38.3 Å². The molecule has 9 nitrogen and oxygen atoms in total. The van der Waals surface area contributed by atoms with Crippen LogP contribution in [-0.4, -0.2) is 62.5 Å². The molecule has 4 heterocycles. The van der Waals surface area contributed by atoms with E-state index in [0.29, 0.717) is 13.3 Å². The van der Waals surface area contributed by atoms with Gasteiger partial charge in [0.25, 0.3) is 0 Å². The van der Waals surface area contributed by atoms with Crippen LogP contribution < -0.4 is 10.2 Å². The number of aromatic nitrogens is 3. The maximum Gasteiger partial charge on any atom is 0.163 e. The second-order valence-electron chi connectivity index (χ2n) is 9.73. The largest absolute Gasteiger partial charge is 0.492 e. The SMILES string of the molecule is CCOc1cc(-c2nnc(C)n2C)ccc1NN1CC=C2C=C(C)C=C(N3CC(C)(C#N)C3)N2C1. The number of anilines is 1. The lowest BCUT2D eigenvalue weighted by molar-refractivity contribution is 0.0514. The number of likely N-dealkylation sites (tertiary alicyclic amines) is 1. The van der Waals surface area contributed by atoms with Crippen LogP contribution in [0.5, 0.6) is 5.75 Å². The number of nitrogens with zero attached hydrogens (tertiary/aromatic N) is 7. The Morgan fingerprint density at radius 3 is 2.69 bits per heavy atom. The van der Waals surface area contributed by atoms with Crippen molar-refractivity contribution < 1.29 is 4.74 Å². The second-order valence-corrected chi connectivity index (χ2v) is 9.73. The van der Waals surface area contributed by atoms with E-state index in [9.17, 15) is 5.26 Å². The predicted molar refractivity (Wildman–Crippen MR) is 135 cm³/mol. The van der Waals surface area contributed by atoms with Gasteiger partial charge in [-0.1, -0.05) is 0 Å². The standard InChI is InChI=1S/C26H32N8O/c1-6-35-23-13-20(25-29-28-19(3)31(25)5)7-8-22(23)30-33-10-9-21-11-18(2)12-24(34(21)17-33)32-15-26(4,14-27)16-32/h7-9,11-13,30H,6,10,15-17H2,1-5H3. The molecule has 5 rings (SSSR count). The van der Waals surface area contributed by atoms with E-state index < -0.39 is 0 Å². The van der Waals surface area contributed by atoms with Gasteiger partial charge >= 0.3 is 0 Å². The lowest BCUT2D eigenvalue weighted by Crippen LogP contribution is -2.57. The van der Waals surface area contributed by atoms with E-state index in [0.717, 1.165) is 54.1 Å². The molecule has 0 atom stereocenters. The summed E-state index contributed by atoms with van der Waals surface area (Å²) in [4.78, 5) is 4.60. The third-order valence-electron chi connectivity index (χ3n) is 6.74. The number of hydrogen-bond donors (Lipinski definition) is 1. The Morgan fingerprint density at radius 2 is 2.00 bits per heavy atom. The van der Waals surface area contributed by atoms with Crippen molar-refractivity contribution in [1.82, 2.24) is 29.6 Å². The van der Waals surface area contributed by atoms with Gasteiger partial charge in [0.2, 0.25) is 0 Å². The van der Waals surface area contributed by atoms with Crippen LogP contribution in [-0.2, 0) is 7.05 Å². The van der Waals surface area contributed by atoms with Crippen LogP contribution in [0.1, 0.15) is 26.6 Å². The second kappa shape index (κ2) is 8.78. The van der Waals surface area contributed by atoms with E-state index in [1.165, 1.54) is 11.3 Å². The molecule has 0 radical (unpaired) electrons. The Hall–Kier alpha value is -3.77. The van der Waals surface area contributed by atoms with E-state index >= 15 is 0 Å². The number of aryl methyl sites for hydroxylation is 1. The highest BCUT2D eigenvalue weighted by Gasteiger charge is 2.42. The topological polar surface area (TPSA) is 85.5 Å². The van der Waals surface area contributed by atoms with Crippen LogP contribution in [0.4, 0.5) is 5.69 Å². The van der Waals surface area contributed by atoms with Gasteiger partial charge in [-0.25, -0.2) is 0 Å². The summed E-state index contributed by atoms with van der Waals surface area (Å²) in [5.74, 6) is 3.60. The van der Waals surface area contributed by atoms with Crippen molar-refractivity contribution in [2.45, 2.75) is 27.7 Å². The zero-order valence-electron chi connectivity index (χ0n) is 21.0. The summed E-state index contributed by atoms with van der Waals surface area (Å²) in [7, 11) is 1.96. The summed E-state index contributed by atoms with van der Waals surface area (Å²) in [6.07, 6.45) is 6.65. The van der Waals surface area contributed by atoms with Gasteiger partial charge in [-0.2, -0.15) is 10.3 Å². The monoisotopic (exact) mass is 472 g/mol. The number of rotatable bonds is 6. The first kappa shape index (κ1) is 23.0. The van der Waals surface area contributed by atoms with Crippen molar-refractivity contribution in [3.63, 3.8) is 0 Å². The van der Waals surface area contributed by atoms with Crippen LogP contribution >= 0.6 is 0 Å². The average Bonchev–Trinajstić information content (AvgIpc) is 3.16. The number of nitriles is 1. The number of benzene rings is 1. The third-order valence-corrected chi connectivity index (χ3v) is 6.74. The Bertz CT molecular complexity index is 1270. The van der Waals surface area contributed by atoms with Crippen LogP contribution in [0.3, 0.4) is 0 Å². The van der Waals surface area contributed by atoms with E-state index in [4.69, 9.17) is 4.74 Å². The summed E-state index contributed by atoms with van der Waals surface area (Å²) >= 11 is 0. The minimum atomic E-state index is -0.275. The molecule has 1 saturated heterocycles. The van der Waals surface area contributed by atoms with Crippen LogP contribution in [0.2, 0.25) is 0 Å². The van der Waals surface area contributed by atoms with Gasteiger partial charge in [-0.3, -0.25) is 0 Å². The summed E-state index contributed by atoms with van der Waals surface area (Å²) in [5.41, 5.74) is 7.57. The fourth-order valence-electron chi connectivity index (χ4n) is 4.75. The highest BCUT2D eigenvalue weighted by Crippen LogP contribution is 2.38.